The van der Waals surface area contributed by atoms with Gasteiger partial charge in [-0.15, -0.1) is 0 Å². The third-order valence-electron chi connectivity index (χ3n) is 3.01. The molecule has 1 aromatic rings. The highest BCUT2D eigenvalue weighted by atomic mass is 127. The van der Waals surface area contributed by atoms with Crippen molar-refractivity contribution in [3.63, 3.8) is 0 Å². The van der Waals surface area contributed by atoms with Crippen LogP contribution in [0.1, 0.15) is 24.2 Å². The minimum absolute atomic E-state index is 0.00933. The monoisotopic (exact) mass is 346 g/mol. The van der Waals surface area contributed by atoms with E-state index in [0.29, 0.717) is 6.54 Å². The van der Waals surface area contributed by atoms with Gasteiger partial charge in [-0.1, -0.05) is 12.1 Å². The van der Waals surface area contributed by atoms with E-state index in [-0.39, 0.29) is 11.4 Å². The van der Waals surface area contributed by atoms with Gasteiger partial charge in [-0.25, -0.2) is 0 Å². The van der Waals surface area contributed by atoms with E-state index in [1.807, 2.05) is 38.4 Å². The Balaban J connectivity index is 2.66. The van der Waals surface area contributed by atoms with Crippen LogP contribution < -0.4 is 5.32 Å². The summed E-state index contributed by atoms with van der Waals surface area (Å²) in [5.74, 6) is -0.00933. The quantitative estimate of drug-likeness (QED) is 0.849. The summed E-state index contributed by atoms with van der Waals surface area (Å²) in [7, 11) is 4.02. The fourth-order valence-electron chi connectivity index (χ4n) is 1.20. The summed E-state index contributed by atoms with van der Waals surface area (Å²) < 4.78 is 0.977. The van der Waals surface area contributed by atoms with Gasteiger partial charge in [-0.2, -0.15) is 0 Å². The normalized spacial score (nSPS) is 11.6. The smallest absolute Gasteiger partial charge is 0.252 e. The molecule has 0 aliphatic carbocycles. The van der Waals surface area contributed by atoms with Crippen molar-refractivity contribution in [1.82, 2.24) is 10.2 Å². The van der Waals surface area contributed by atoms with Crippen molar-refractivity contribution in [2.24, 2.45) is 0 Å². The summed E-state index contributed by atoms with van der Waals surface area (Å²) in [5, 5.41) is 2.98. The minimum atomic E-state index is -0.0458. The van der Waals surface area contributed by atoms with E-state index in [1.54, 1.807) is 0 Å². The number of rotatable bonds is 4. The van der Waals surface area contributed by atoms with Crippen LogP contribution in [0.3, 0.4) is 0 Å². The lowest BCUT2D eigenvalue weighted by Gasteiger charge is -2.32. The maximum Gasteiger partial charge on any atom is 0.252 e. The van der Waals surface area contributed by atoms with Crippen LogP contribution in [0.2, 0.25) is 0 Å². The first-order valence-electron chi connectivity index (χ1n) is 5.55. The average molecular weight is 346 g/mol. The fraction of sp³-hybridized carbons (Fsp3) is 0.462. The molecule has 0 spiro atoms. The summed E-state index contributed by atoms with van der Waals surface area (Å²) in [6.45, 7) is 4.83. The van der Waals surface area contributed by atoms with E-state index in [0.717, 1.165) is 9.13 Å². The van der Waals surface area contributed by atoms with Crippen LogP contribution in [0.25, 0.3) is 0 Å². The third-order valence-corrected chi connectivity index (χ3v) is 3.95. The standard InChI is InChI=1S/C13H19IN2O/c1-13(2,16(3)4)9-15-12(17)10-7-5-6-8-11(10)14/h5-8H,9H2,1-4H3,(H,15,17). The largest absolute Gasteiger partial charge is 0.350 e. The van der Waals surface area contributed by atoms with Gasteiger partial charge in [0.25, 0.3) is 5.91 Å². The lowest BCUT2D eigenvalue weighted by atomic mass is 10.0. The molecule has 17 heavy (non-hydrogen) atoms. The van der Waals surface area contributed by atoms with Crippen LogP contribution in [-0.4, -0.2) is 37.0 Å². The molecule has 3 nitrogen and oxygen atoms in total. The van der Waals surface area contributed by atoms with Crippen LogP contribution in [-0.2, 0) is 0 Å². The van der Waals surface area contributed by atoms with Gasteiger partial charge >= 0.3 is 0 Å². The maximum atomic E-state index is 12.0. The number of halogens is 1. The Hall–Kier alpha value is -0.620. The number of hydrogen-bond donors (Lipinski definition) is 1. The van der Waals surface area contributed by atoms with Crippen molar-refractivity contribution in [3.05, 3.63) is 33.4 Å². The molecule has 0 bridgehead atoms. The van der Waals surface area contributed by atoms with E-state index in [9.17, 15) is 4.79 Å². The maximum absolute atomic E-state index is 12.0. The lowest BCUT2D eigenvalue weighted by molar-refractivity contribution is 0.0919. The predicted molar refractivity (Wildman–Crippen MR) is 79.3 cm³/mol. The minimum Gasteiger partial charge on any atom is -0.350 e. The molecule has 0 radical (unpaired) electrons. The average Bonchev–Trinajstić information content (AvgIpc) is 2.26. The Labute approximate surface area is 117 Å². The summed E-state index contributed by atoms with van der Waals surface area (Å²) in [4.78, 5) is 14.1. The van der Waals surface area contributed by atoms with Crippen LogP contribution in [0, 0.1) is 3.57 Å². The van der Waals surface area contributed by atoms with E-state index >= 15 is 0 Å². The molecule has 0 heterocycles. The molecule has 0 saturated heterocycles. The molecule has 1 N–H and O–H groups in total. The first-order valence-corrected chi connectivity index (χ1v) is 6.62. The summed E-state index contributed by atoms with van der Waals surface area (Å²) in [6, 6.07) is 7.60. The second-order valence-corrected chi connectivity index (χ2v) is 6.03. The zero-order chi connectivity index (χ0) is 13.1. The van der Waals surface area contributed by atoms with Gasteiger partial charge in [0.05, 0.1) is 5.56 Å². The van der Waals surface area contributed by atoms with Gasteiger partial charge in [0.15, 0.2) is 0 Å². The second-order valence-electron chi connectivity index (χ2n) is 4.87. The molecule has 0 aliphatic heterocycles. The molecular weight excluding hydrogens is 327 g/mol. The highest BCUT2D eigenvalue weighted by Crippen LogP contribution is 2.12. The molecule has 94 valence electrons. The zero-order valence-electron chi connectivity index (χ0n) is 10.7. The molecule has 4 heteroatoms. The molecule has 0 fully saturated rings. The number of benzene rings is 1. The Bertz CT molecular complexity index is 402. The second kappa shape index (κ2) is 5.82. The number of likely N-dealkylation sites (N-methyl/N-ethyl adjacent to an activating group) is 1. The van der Waals surface area contributed by atoms with Gasteiger partial charge in [-0.05, 0) is 62.7 Å². The SMILES string of the molecule is CN(C)C(C)(C)CNC(=O)c1ccccc1I. The van der Waals surface area contributed by atoms with E-state index in [4.69, 9.17) is 0 Å². The molecule has 0 saturated carbocycles. The van der Waals surface area contributed by atoms with Gasteiger partial charge in [0, 0.05) is 15.7 Å². The molecule has 0 atom stereocenters. The summed E-state index contributed by atoms with van der Waals surface area (Å²) >= 11 is 2.18. The lowest BCUT2D eigenvalue weighted by Crippen LogP contribution is -2.48. The van der Waals surface area contributed by atoms with Crippen molar-refractivity contribution in [3.8, 4) is 0 Å². The van der Waals surface area contributed by atoms with Crippen molar-refractivity contribution in [2.45, 2.75) is 19.4 Å². The Kier molecular flexibility index (Phi) is 4.94. The highest BCUT2D eigenvalue weighted by molar-refractivity contribution is 14.1. The van der Waals surface area contributed by atoms with Crippen LogP contribution in [0.5, 0.6) is 0 Å². The van der Waals surface area contributed by atoms with Crippen molar-refractivity contribution in [1.29, 1.82) is 0 Å². The molecular formula is C13H19IN2O. The number of carbonyl (C=O) groups is 1. The Morgan fingerprint density at radius 3 is 2.47 bits per heavy atom. The molecule has 1 aromatic carbocycles. The van der Waals surface area contributed by atoms with Gasteiger partial charge < -0.3 is 10.2 Å². The summed E-state index contributed by atoms with van der Waals surface area (Å²) in [5.41, 5.74) is 0.693. The molecule has 1 rings (SSSR count). The number of hydrogen-bond acceptors (Lipinski definition) is 2. The molecule has 0 aliphatic rings. The topological polar surface area (TPSA) is 32.3 Å². The number of nitrogens with zero attached hydrogens (tertiary/aromatic N) is 1. The predicted octanol–water partition coefficient (Wildman–Crippen LogP) is 2.36. The van der Waals surface area contributed by atoms with Crippen LogP contribution in [0.15, 0.2) is 24.3 Å². The fourth-order valence-corrected chi connectivity index (χ4v) is 1.83. The summed E-state index contributed by atoms with van der Waals surface area (Å²) in [6.07, 6.45) is 0. The van der Waals surface area contributed by atoms with Crippen molar-refractivity contribution in [2.75, 3.05) is 20.6 Å². The van der Waals surface area contributed by atoms with Crippen LogP contribution >= 0.6 is 22.6 Å². The van der Waals surface area contributed by atoms with E-state index < -0.39 is 0 Å². The van der Waals surface area contributed by atoms with Gasteiger partial charge in [0.1, 0.15) is 0 Å². The molecule has 1 amide bonds. The van der Waals surface area contributed by atoms with Gasteiger partial charge in [0.2, 0.25) is 0 Å². The van der Waals surface area contributed by atoms with Gasteiger partial charge in [-0.3, -0.25) is 4.79 Å². The first-order chi connectivity index (χ1) is 7.84. The highest BCUT2D eigenvalue weighted by Gasteiger charge is 2.21. The zero-order valence-corrected chi connectivity index (χ0v) is 12.9. The first kappa shape index (κ1) is 14.4. The third kappa shape index (κ3) is 3.96. The van der Waals surface area contributed by atoms with Crippen LogP contribution in [0.4, 0.5) is 0 Å². The van der Waals surface area contributed by atoms with Crippen molar-refractivity contribution >= 4 is 28.5 Å². The number of carbonyl (C=O) groups excluding carboxylic acids is 1. The Morgan fingerprint density at radius 2 is 1.94 bits per heavy atom. The molecule has 0 unspecified atom stereocenters. The van der Waals surface area contributed by atoms with E-state index in [1.165, 1.54) is 0 Å². The molecule has 0 aromatic heterocycles. The van der Waals surface area contributed by atoms with E-state index in [2.05, 4.69) is 46.7 Å². The number of amides is 1. The van der Waals surface area contributed by atoms with Crippen molar-refractivity contribution < 1.29 is 4.79 Å². The Morgan fingerprint density at radius 1 is 1.35 bits per heavy atom. The number of nitrogens with one attached hydrogen (secondary N) is 1.